The molecule has 2 N–H and O–H groups in total. The Bertz CT molecular complexity index is 478. The molecule has 0 spiro atoms. The van der Waals surface area contributed by atoms with Crippen molar-refractivity contribution in [2.45, 2.75) is 13.1 Å². The molecule has 0 aliphatic carbocycles. The van der Waals surface area contributed by atoms with Crippen LogP contribution in [0.15, 0.2) is 40.2 Å². The summed E-state index contributed by atoms with van der Waals surface area (Å²) in [4.78, 5) is 3.67. The van der Waals surface area contributed by atoms with Gasteiger partial charge in [0.1, 0.15) is 0 Å². The predicted molar refractivity (Wildman–Crippen MR) is 78.0 cm³/mol. The predicted octanol–water partition coefficient (Wildman–Crippen LogP) is 3.72. The number of thiophene rings is 1. The Balaban J connectivity index is 1.93. The Hall–Kier alpha value is -0.840. The molecule has 1 heterocycles. The molecule has 0 amide bonds. The molecule has 0 atom stereocenters. The van der Waals surface area contributed by atoms with E-state index in [1.54, 1.807) is 11.3 Å². The first-order valence-corrected chi connectivity index (χ1v) is 7.01. The van der Waals surface area contributed by atoms with E-state index in [0.717, 1.165) is 18.8 Å². The second-order valence-electron chi connectivity index (χ2n) is 4.12. The van der Waals surface area contributed by atoms with Crippen LogP contribution in [0.25, 0.3) is 0 Å². The fourth-order valence-corrected chi connectivity index (χ4v) is 3.26. The Morgan fingerprint density at radius 3 is 2.41 bits per heavy atom. The molecule has 1 aromatic carbocycles. The molecule has 2 rings (SSSR count). The molecule has 0 saturated carbocycles. The maximum Gasteiger partial charge on any atom is 0.0701 e. The van der Waals surface area contributed by atoms with E-state index >= 15 is 0 Å². The zero-order valence-electron chi connectivity index (χ0n) is 9.69. The Kier molecular flexibility index (Phi) is 4.20. The fraction of sp³-hybridized carbons (Fsp3) is 0.231. The molecule has 90 valence electrons. The third kappa shape index (κ3) is 3.84. The highest BCUT2D eigenvalue weighted by Crippen LogP contribution is 2.23. The molecular weight excluding hydrogens is 296 g/mol. The number of nitrogens with zero attached hydrogens (tertiary/aromatic N) is 1. The average Bonchev–Trinajstić information content (AvgIpc) is 2.67. The van der Waals surface area contributed by atoms with Crippen LogP contribution in [0, 0.1) is 0 Å². The van der Waals surface area contributed by atoms with Gasteiger partial charge in [-0.1, -0.05) is 12.1 Å². The zero-order chi connectivity index (χ0) is 12.3. The minimum atomic E-state index is 0.818. The maximum atomic E-state index is 5.67. The van der Waals surface area contributed by atoms with Crippen LogP contribution in [-0.4, -0.2) is 11.9 Å². The number of hydrogen-bond acceptors (Lipinski definition) is 3. The number of nitrogens with two attached hydrogens (primary N) is 1. The highest BCUT2D eigenvalue weighted by Gasteiger charge is 2.04. The highest BCUT2D eigenvalue weighted by molar-refractivity contribution is 9.11. The van der Waals surface area contributed by atoms with Gasteiger partial charge in [0.2, 0.25) is 0 Å². The van der Waals surface area contributed by atoms with Crippen LogP contribution in [-0.2, 0) is 13.1 Å². The number of nitrogen functional groups attached to an aromatic ring is 1. The molecule has 0 fully saturated rings. The standard InChI is InChI=1S/C13H15BrN2S/c1-16(9-12-6-7-13(14)17-12)8-10-2-4-11(15)5-3-10/h2-7H,8-9,15H2,1H3. The third-order valence-corrected chi connectivity index (χ3v) is 4.10. The van der Waals surface area contributed by atoms with E-state index in [9.17, 15) is 0 Å². The fourth-order valence-electron chi connectivity index (χ4n) is 1.69. The van der Waals surface area contributed by atoms with E-state index in [2.05, 4.69) is 52.1 Å². The lowest BCUT2D eigenvalue weighted by Crippen LogP contribution is -2.16. The molecule has 4 heteroatoms. The monoisotopic (exact) mass is 310 g/mol. The lowest BCUT2D eigenvalue weighted by atomic mass is 10.2. The van der Waals surface area contributed by atoms with Gasteiger partial charge in [-0.25, -0.2) is 0 Å². The summed E-state index contributed by atoms with van der Waals surface area (Å²) in [5.41, 5.74) is 7.77. The SMILES string of the molecule is CN(Cc1ccc(N)cc1)Cc1ccc(Br)s1. The third-order valence-electron chi connectivity index (χ3n) is 2.49. The van der Waals surface area contributed by atoms with Gasteiger partial charge in [0.05, 0.1) is 3.79 Å². The summed E-state index contributed by atoms with van der Waals surface area (Å²) in [6.07, 6.45) is 0. The van der Waals surface area contributed by atoms with E-state index in [0.29, 0.717) is 0 Å². The smallest absolute Gasteiger partial charge is 0.0701 e. The van der Waals surface area contributed by atoms with Crippen LogP contribution in [0.4, 0.5) is 5.69 Å². The molecule has 0 radical (unpaired) electrons. The minimum absolute atomic E-state index is 0.818. The molecule has 0 aliphatic heterocycles. The van der Waals surface area contributed by atoms with Crippen molar-refractivity contribution in [1.29, 1.82) is 0 Å². The topological polar surface area (TPSA) is 29.3 Å². The van der Waals surface area contributed by atoms with E-state index in [1.807, 2.05) is 12.1 Å². The summed E-state index contributed by atoms with van der Waals surface area (Å²) in [6, 6.07) is 12.3. The normalized spacial score (nSPS) is 11.0. The first kappa shape index (κ1) is 12.6. The molecule has 0 unspecified atom stereocenters. The number of anilines is 1. The van der Waals surface area contributed by atoms with Crippen LogP contribution in [0.5, 0.6) is 0 Å². The summed E-state index contributed by atoms with van der Waals surface area (Å²) < 4.78 is 1.19. The van der Waals surface area contributed by atoms with Crippen molar-refractivity contribution in [3.8, 4) is 0 Å². The summed E-state index contributed by atoms with van der Waals surface area (Å²) in [5.74, 6) is 0. The molecule has 1 aromatic heterocycles. The highest BCUT2D eigenvalue weighted by atomic mass is 79.9. The van der Waals surface area contributed by atoms with Crippen LogP contribution < -0.4 is 5.73 Å². The molecule has 2 nitrogen and oxygen atoms in total. The van der Waals surface area contributed by atoms with Crippen molar-refractivity contribution in [1.82, 2.24) is 4.90 Å². The lowest BCUT2D eigenvalue weighted by molar-refractivity contribution is 0.322. The maximum absolute atomic E-state index is 5.67. The van der Waals surface area contributed by atoms with Crippen molar-refractivity contribution >= 4 is 33.0 Å². The van der Waals surface area contributed by atoms with Gasteiger partial charge in [0.25, 0.3) is 0 Å². The van der Waals surface area contributed by atoms with Gasteiger partial charge >= 0.3 is 0 Å². The van der Waals surface area contributed by atoms with Crippen molar-refractivity contribution < 1.29 is 0 Å². The van der Waals surface area contributed by atoms with Crippen molar-refractivity contribution in [3.63, 3.8) is 0 Å². The molecule has 2 aromatic rings. The lowest BCUT2D eigenvalue weighted by Gasteiger charge is -2.15. The molecule has 0 saturated heterocycles. The molecule has 17 heavy (non-hydrogen) atoms. The van der Waals surface area contributed by atoms with Gasteiger partial charge in [-0.3, -0.25) is 4.90 Å². The number of halogens is 1. The van der Waals surface area contributed by atoms with Crippen LogP contribution in [0.3, 0.4) is 0 Å². The first-order chi connectivity index (χ1) is 8.13. The number of benzene rings is 1. The van der Waals surface area contributed by atoms with E-state index < -0.39 is 0 Å². The van der Waals surface area contributed by atoms with Gasteiger partial charge in [0.15, 0.2) is 0 Å². The average molecular weight is 311 g/mol. The summed E-state index contributed by atoms with van der Waals surface area (Å²) in [7, 11) is 2.13. The van der Waals surface area contributed by atoms with Crippen molar-refractivity contribution in [2.75, 3.05) is 12.8 Å². The van der Waals surface area contributed by atoms with Gasteiger partial charge < -0.3 is 5.73 Å². The van der Waals surface area contributed by atoms with Gasteiger partial charge in [-0.15, -0.1) is 11.3 Å². The van der Waals surface area contributed by atoms with Crippen molar-refractivity contribution in [3.05, 3.63) is 50.6 Å². The summed E-state index contributed by atoms with van der Waals surface area (Å²) in [5, 5.41) is 0. The summed E-state index contributed by atoms with van der Waals surface area (Å²) in [6.45, 7) is 1.91. The number of rotatable bonds is 4. The van der Waals surface area contributed by atoms with Gasteiger partial charge in [-0.05, 0) is 52.8 Å². The second-order valence-corrected chi connectivity index (χ2v) is 6.67. The quantitative estimate of drug-likeness (QED) is 0.872. The molecular formula is C13H15BrN2S. The molecule has 0 bridgehead atoms. The largest absolute Gasteiger partial charge is 0.399 e. The van der Waals surface area contributed by atoms with Crippen LogP contribution >= 0.6 is 27.3 Å². The van der Waals surface area contributed by atoms with Gasteiger partial charge in [0, 0.05) is 23.7 Å². The zero-order valence-corrected chi connectivity index (χ0v) is 12.1. The minimum Gasteiger partial charge on any atom is -0.399 e. The number of hydrogen-bond donors (Lipinski definition) is 1. The van der Waals surface area contributed by atoms with E-state index in [4.69, 9.17) is 5.73 Å². The van der Waals surface area contributed by atoms with E-state index in [-0.39, 0.29) is 0 Å². The molecule has 0 aliphatic rings. The van der Waals surface area contributed by atoms with Crippen LogP contribution in [0.1, 0.15) is 10.4 Å². The Morgan fingerprint density at radius 2 is 1.82 bits per heavy atom. The summed E-state index contributed by atoms with van der Waals surface area (Å²) >= 11 is 5.27. The first-order valence-electron chi connectivity index (χ1n) is 5.40. The van der Waals surface area contributed by atoms with Crippen LogP contribution in [0.2, 0.25) is 0 Å². The second kappa shape index (κ2) is 5.67. The van der Waals surface area contributed by atoms with E-state index in [1.165, 1.54) is 14.2 Å². The Labute approximate surface area is 114 Å². The van der Waals surface area contributed by atoms with Gasteiger partial charge in [-0.2, -0.15) is 0 Å². The Morgan fingerprint density at radius 1 is 1.12 bits per heavy atom. The van der Waals surface area contributed by atoms with Crippen molar-refractivity contribution in [2.24, 2.45) is 0 Å².